The molecule has 1 amide bonds. The Balaban J connectivity index is 0.00000180. The number of amides is 1. The first kappa shape index (κ1) is 15.7. The predicted molar refractivity (Wildman–Crippen MR) is 75.0 cm³/mol. The number of carbonyl (C=O) groups excluding carboxylic acids is 1. The Hall–Kier alpha value is -1.34. The fraction of sp³-hybridized carbons (Fsp3) is 0.455. The zero-order valence-electron chi connectivity index (χ0n) is 10.2. The molecule has 0 radical (unpaired) electrons. The van der Waals surface area contributed by atoms with Crippen molar-refractivity contribution in [3.63, 3.8) is 0 Å². The van der Waals surface area contributed by atoms with Crippen LogP contribution in [-0.4, -0.2) is 36.9 Å². The lowest BCUT2D eigenvalue weighted by Crippen LogP contribution is -2.43. The minimum Gasteiger partial charge on any atom is -0.384 e. The van der Waals surface area contributed by atoms with Gasteiger partial charge in [-0.25, -0.2) is 13.4 Å². The summed E-state index contributed by atoms with van der Waals surface area (Å²) < 4.78 is 22.9. The maximum Gasteiger partial charge on any atom is 0.270 e. The normalized spacial score (nSPS) is 21.2. The highest BCUT2D eigenvalue weighted by molar-refractivity contribution is 7.91. The molecule has 1 atom stereocenters. The number of halogens is 1. The molecule has 1 unspecified atom stereocenters. The second-order valence-electron chi connectivity index (χ2n) is 4.37. The smallest absolute Gasteiger partial charge is 0.270 e. The number of hydrogen-bond acceptors (Lipinski definition) is 5. The number of nitrogen functional groups attached to an aromatic ring is 1. The van der Waals surface area contributed by atoms with Crippen LogP contribution in [0.4, 0.5) is 5.82 Å². The summed E-state index contributed by atoms with van der Waals surface area (Å²) in [5, 5.41) is 2.68. The number of nitrogens with zero attached hydrogens (tertiary/aromatic N) is 1. The predicted octanol–water partition coefficient (Wildman–Crippen LogP) is 0.393. The average Bonchev–Trinajstić information content (AvgIpc) is 2.27. The molecule has 3 N–H and O–H groups in total. The number of aromatic nitrogens is 1. The summed E-state index contributed by atoms with van der Waals surface area (Å²) in [5.74, 6) is 0.0834. The molecule has 0 aliphatic carbocycles. The highest BCUT2D eigenvalue weighted by Gasteiger charge is 2.26. The number of nitrogens with one attached hydrogen (secondary N) is 1. The first-order valence-corrected chi connectivity index (χ1v) is 7.52. The number of pyridine rings is 1. The van der Waals surface area contributed by atoms with Crippen molar-refractivity contribution in [3.8, 4) is 0 Å². The second-order valence-corrected chi connectivity index (χ2v) is 6.60. The van der Waals surface area contributed by atoms with Gasteiger partial charge in [-0.05, 0) is 25.0 Å². The molecular weight excluding hydrogens is 290 g/mol. The number of rotatable bonds is 2. The van der Waals surface area contributed by atoms with E-state index < -0.39 is 9.84 Å². The molecule has 19 heavy (non-hydrogen) atoms. The molecule has 0 bridgehead atoms. The van der Waals surface area contributed by atoms with Gasteiger partial charge in [0.25, 0.3) is 5.91 Å². The molecule has 0 spiro atoms. The van der Waals surface area contributed by atoms with Gasteiger partial charge in [-0.15, -0.1) is 12.4 Å². The quantitative estimate of drug-likeness (QED) is 0.823. The molecule has 8 heteroatoms. The molecule has 6 nitrogen and oxygen atoms in total. The number of sulfone groups is 1. The molecule has 2 heterocycles. The molecule has 0 aromatic carbocycles. The fourth-order valence-corrected chi connectivity index (χ4v) is 3.61. The average molecular weight is 306 g/mol. The van der Waals surface area contributed by atoms with E-state index in [2.05, 4.69) is 10.3 Å². The van der Waals surface area contributed by atoms with Crippen LogP contribution in [0.15, 0.2) is 18.2 Å². The highest BCUT2D eigenvalue weighted by atomic mass is 35.5. The molecule has 1 aromatic heterocycles. The number of anilines is 1. The highest BCUT2D eigenvalue weighted by Crippen LogP contribution is 2.12. The summed E-state index contributed by atoms with van der Waals surface area (Å²) in [4.78, 5) is 15.7. The summed E-state index contributed by atoms with van der Waals surface area (Å²) >= 11 is 0. The van der Waals surface area contributed by atoms with E-state index in [0.29, 0.717) is 12.8 Å². The first-order valence-electron chi connectivity index (χ1n) is 5.70. The molecule has 1 aliphatic heterocycles. The van der Waals surface area contributed by atoms with Crippen LogP contribution in [0.5, 0.6) is 0 Å². The summed E-state index contributed by atoms with van der Waals surface area (Å²) in [5.41, 5.74) is 5.69. The van der Waals surface area contributed by atoms with E-state index in [9.17, 15) is 13.2 Å². The van der Waals surface area contributed by atoms with Gasteiger partial charge >= 0.3 is 0 Å². The minimum atomic E-state index is -3.03. The van der Waals surface area contributed by atoms with Crippen molar-refractivity contribution in [1.29, 1.82) is 0 Å². The number of hydrogen-bond donors (Lipinski definition) is 2. The molecule has 106 valence electrons. The SMILES string of the molecule is Cl.Nc1cccc(C(=O)NC2CCCS(=O)(=O)C2)n1. The molecule has 1 aromatic rings. The van der Waals surface area contributed by atoms with E-state index in [1.165, 1.54) is 0 Å². The van der Waals surface area contributed by atoms with E-state index in [4.69, 9.17) is 5.73 Å². The van der Waals surface area contributed by atoms with Crippen LogP contribution in [0.1, 0.15) is 23.3 Å². The second kappa shape index (κ2) is 6.21. The van der Waals surface area contributed by atoms with Crippen molar-refractivity contribution in [2.75, 3.05) is 17.2 Å². The lowest BCUT2D eigenvalue weighted by molar-refractivity contribution is 0.0933. The number of carbonyl (C=O) groups is 1. The van der Waals surface area contributed by atoms with E-state index in [-0.39, 0.29) is 47.4 Å². The molecule has 2 rings (SSSR count). The van der Waals surface area contributed by atoms with Gasteiger partial charge in [0, 0.05) is 6.04 Å². The largest absolute Gasteiger partial charge is 0.384 e. The van der Waals surface area contributed by atoms with Gasteiger partial charge in [0.2, 0.25) is 0 Å². The lowest BCUT2D eigenvalue weighted by atomic mass is 10.2. The van der Waals surface area contributed by atoms with Crippen LogP contribution in [0.2, 0.25) is 0 Å². The third kappa shape index (κ3) is 4.36. The standard InChI is InChI=1S/C11H15N3O3S.ClH/c12-10-5-1-4-9(14-10)11(15)13-8-3-2-6-18(16,17)7-8;/h1,4-5,8H,2-3,6-7H2,(H2,12,14)(H,13,15);1H. The van der Waals surface area contributed by atoms with Gasteiger partial charge in [0.15, 0.2) is 9.84 Å². The van der Waals surface area contributed by atoms with Crippen LogP contribution < -0.4 is 11.1 Å². The topological polar surface area (TPSA) is 102 Å². The Labute approximate surface area is 118 Å². The Bertz CT molecular complexity index is 562. The first-order chi connectivity index (χ1) is 8.46. The van der Waals surface area contributed by atoms with Gasteiger partial charge in [0.1, 0.15) is 11.5 Å². The van der Waals surface area contributed by atoms with Crippen LogP contribution in [0.25, 0.3) is 0 Å². The summed E-state index contributed by atoms with van der Waals surface area (Å²) in [6.07, 6.45) is 1.25. The third-order valence-electron chi connectivity index (χ3n) is 2.80. The summed E-state index contributed by atoms with van der Waals surface area (Å²) in [6, 6.07) is 4.43. The molecule has 0 saturated carbocycles. The van der Waals surface area contributed by atoms with Gasteiger partial charge in [-0.3, -0.25) is 4.79 Å². The Morgan fingerprint density at radius 2 is 2.16 bits per heavy atom. The van der Waals surface area contributed by atoms with E-state index in [1.807, 2.05) is 0 Å². The lowest BCUT2D eigenvalue weighted by Gasteiger charge is -2.22. The van der Waals surface area contributed by atoms with E-state index in [1.54, 1.807) is 18.2 Å². The van der Waals surface area contributed by atoms with E-state index in [0.717, 1.165) is 0 Å². The molecule has 1 fully saturated rings. The van der Waals surface area contributed by atoms with Gasteiger partial charge < -0.3 is 11.1 Å². The minimum absolute atomic E-state index is 0. The van der Waals surface area contributed by atoms with Crippen LogP contribution in [0, 0.1) is 0 Å². The Morgan fingerprint density at radius 1 is 1.42 bits per heavy atom. The zero-order chi connectivity index (χ0) is 13.2. The maximum absolute atomic E-state index is 11.9. The van der Waals surface area contributed by atoms with Crippen molar-refractivity contribution in [2.24, 2.45) is 0 Å². The maximum atomic E-state index is 11.9. The Morgan fingerprint density at radius 3 is 2.79 bits per heavy atom. The monoisotopic (exact) mass is 305 g/mol. The van der Waals surface area contributed by atoms with Gasteiger partial charge in [-0.1, -0.05) is 6.07 Å². The van der Waals surface area contributed by atoms with Crippen molar-refractivity contribution in [2.45, 2.75) is 18.9 Å². The van der Waals surface area contributed by atoms with Crippen molar-refractivity contribution >= 4 is 34.0 Å². The fourth-order valence-electron chi connectivity index (χ4n) is 1.97. The Kier molecular flexibility index (Phi) is 5.13. The summed E-state index contributed by atoms with van der Waals surface area (Å²) in [7, 11) is -3.03. The van der Waals surface area contributed by atoms with Gasteiger partial charge in [-0.2, -0.15) is 0 Å². The summed E-state index contributed by atoms with van der Waals surface area (Å²) in [6.45, 7) is 0. The van der Waals surface area contributed by atoms with Gasteiger partial charge in [0.05, 0.1) is 11.5 Å². The third-order valence-corrected chi connectivity index (χ3v) is 4.62. The van der Waals surface area contributed by atoms with E-state index >= 15 is 0 Å². The molecule has 1 aliphatic rings. The van der Waals surface area contributed by atoms with Crippen LogP contribution >= 0.6 is 12.4 Å². The number of nitrogens with two attached hydrogens (primary N) is 1. The van der Waals surface area contributed by atoms with Crippen LogP contribution in [-0.2, 0) is 9.84 Å². The van der Waals surface area contributed by atoms with Crippen molar-refractivity contribution in [1.82, 2.24) is 10.3 Å². The zero-order valence-corrected chi connectivity index (χ0v) is 11.8. The molecule has 1 saturated heterocycles. The van der Waals surface area contributed by atoms with Crippen molar-refractivity contribution in [3.05, 3.63) is 23.9 Å². The molecular formula is C11H16ClN3O3S. The van der Waals surface area contributed by atoms with Crippen molar-refractivity contribution < 1.29 is 13.2 Å². The van der Waals surface area contributed by atoms with Crippen LogP contribution in [0.3, 0.4) is 0 Å².